The quantitative estimate of drug-likeness (QED) is 0.725. The maximum absolute atomic E-state index is 11.7. The van der Waals surface area contributed by atoms with Crippen LogP contribution in [-0.2, 0) is 4.79 Å². The minimum absolute atomic E-state index is 0.0568. The Morgan fingerprint density at radius 1 is 1.21 bits per heavy atom. The van der Waals surface area contributed by atoms with Crippen LogP contribution in [0.2, 0.25) is 0 Å². The summed E-state index contributed by atoms with van der Waals surface area (Å²) in [5.74, 6) is 0.379. The molecule has 3 N–H and O–H groups in total. The Balaban J connectivity index is 4.23. The van der Waals surface area contributed by atoms with Gasteiger partial charge in [0.2, 0.25) is 5.91 Å². The van der Waals surface area contributed by atoms with Crippen LogP contribution in [0.5, 0.6) is 0 Å². The van der Waals surface area contributed by atoms with Gasteiger partial charge in [-0.25, -0.2) is 0 Å². The number of carbonyl (C=O) groups excluding carboxylic acids is 1. The van der Waals surface area contributed by atoms with Crippen LogP contribution in [0, 0.1) is 11.3 Å². The van der Waals surface area contributed by atoms with E-state index in [0.717, 1.165) is 0 Å². The number of hydrogen-bond acceptors (Lipinski definition) is 2. The lowest BCUT2D eigenvalue weighted by Crippen LogP contribution is -2.51. The lowest BCUT2D eigenvalue weighted by molar-refractivity contribution is -0.125. The first kappa shape index (κ1) is 13.4. The Kier molecular flexibility index (Phi) is 4.59. The minimum Gasteiger partial charge on any atom is -0.352 e. The van der Waals surface area contributed by atoms with Crippen LogP contribution in [0.15, 0.2) is 0 Å². The molecule has 0 heterocycles. The van der Waals surface area contributed by atoms with Crippen molar-refractivity contribution in [2.24, 2.45) is 17.1 Å². The van der Waals surface area contributed by atoms with E-state index in [1.165, 1.54) is 0 Å². The maximum atomic E-state index is 11.7. The molecule has 0 aromatic rings. The summed E-state index contributed by atoms with van der Waals surface area (Å²) in [6.45, 7) is 12.1. The summed E-state index contributed by atoms with van der Waals surface area (Å²) in [6.07, 6.45) is 0. The summed E-state index contributed by atoms with van der Waals surface area (Å²) >= 11 is 0. The molecule has 0 aliphatic carbocycles. The van der Waals surface area contributed by atoms with Crippen LogP contribution in [0.3, 0.4) is 0 Å². The van der Waals surface area contributed by atoms with E-state index in [2.05, 4.69) is 19.2 Å². The van der Waals surface area contributed by atoms with Crippen molar-refractivity contribution in [1.29, 1.82) is 0 Å². The fraction of sp³-hybridized carbons (Fsp3) is 0.909. The Morgan fingerprint density at radius 2 is 1.64 bits per heavy atom. The lowest BCUT2D eigenvalue weighted by Gasteiger charge is -2.28. The molecule has 14 heavy (non-hydrogen) atoms. The first-order valence-corrected chi connectivity index (χ1v) is 5.22. The molecule has 0 saturated carbocycles. The van der Waals surface area contributed by atoms with E-state index in [0.29, 0.717) is 5.92 Å². The number of amides is 1. The van der Waals surface area contributed by atoms with Gasteiger partial charge in [0, 0.05) is 6.04 Å². The van der Waals surface area contributed by atoms with Crippen LogP contribution in [0.4, 0.5) is 0 Å². The van der Waals surface area contributed by atoms with Gasteiger partial charge in [-0.3, -0.25) is 4.79 Å². The SMILES string of the molecule is CC(C)C(C)NC(=O)[C@@H](N)C(C)(C)C. The summed E-state index contributed by atoms with van der Waals surface area (Å²) in [6, 6.07) is -0.264. The Morgan fingerprint density at radius 3 is 1.93 bits per heavy atom. The van der Waals surface area contributed by atoms with Crippen LogP contribution >= 0.6 is 0 Å². The highest BCUT2D eigenvalue weighted by Crippen LogP contribution is 2.17. The number of rotatable bonds is 3. The molecule has 1 amide bonds. The molecule has 0 aromatic heterocycles. The summed E-state index contributed by atoms with van der Waals surface area (Å²) in [4.78, 5) is 11.7. The molecule has 0 saturated heterocycles. The van der Waals surface area contributed by atoms with E-state index < -0.39 is 6.04 Å². The molecule has 3 nitrogen and oxygen atoms in total. The Labute approximate surface area is 87.4 Å². The first-order chi connectivity index (χ1) is 6.16. The number of carbonyl (C=O) groups is 1. The molecule has 0 rings (SSSR count). The van der Waals surface area contributed by atoms with Crippen molar-refractivity contribution in [3.8, 4) is 0 Å². The zero-order chi connectivity index (χ0) is 11.5. The van der Waals surface area contributed by atoms with Gasteiger partial charge in [0.05, 0.1) is 6.04 Å². The second kappa shape index (κ2) is 4.78. The fourth-order valence-electron chi connectivity index (χ4n) is 0.874. The van der Waals surface area contributed by atoms with Crippen LogP contribution in [0.1, 0.15) is 41.5 Å². The molecule has 1 unspecified atom stereocenters. The van der Waals surface area contributed by atoms with Crippen LogP contribution < -0.4 is 11.1 Å². The van der Waals surface area contributed by atoms with Crippen molar-refractivity contribution in [2.45, 2.75) is 53.6 Å². The summed E-state index contributed by atoms with van der Waals surface area (Å²) in [5, 5.41) is 2.92. The van der Waals surface area contributed by atoms with Gasteiger partial charge < -0.3 is 11.1 Å². The van der Waals surface area contributed by atoms with Crippen LogP contribution in [-0.4, -0.2) is 18.0 Å². The van der Waals surface area contributed by atoms with Crippen molar-refractivity contribution in [3.63, 3.8) is 0 Å². The third-order valence-corrected chi connectivity index (χ3v) is 2.59. The molecule has 3 heteroatoms. The molecule has 84 valence electrons. The zero-order valence-corrected chi connectivity index (χ0v) is 10.2. The topological polar surface area (TPSA) is 55.1 Å². The average Bonchev–Trinajstić information content (AvgIpc) is 2.00. The minimum atomic E-state index is -0.441. The highest BCUT2D eigenvalue weighted by atomic mass is 16.2. The molecule has 0 bridgehead atoms. The number of hydrogen-bond donors (Lipinski definition) is 2. The summed E-state index contributed by atoms with van der Waals surface area (Å²) < 4.78 is 0. The molecule has 0 radical (unpaired) electrons. The predicted octanol–water partition coefficient (Wildman–Crippen LogP) is 1.52. The van der Waals surface area contributed by atoms with Crippen molar-refractivity contribution < 1.29 is 4.79 Å². The highest BCUT2D eigenvalue weighted by molar-refractivity contribution is 5.82. The molecule has 2 atom stereocenters. The molecule has 0 spiro atoms. The normalized spacial score (nSPS) is 16.6. The van der Waals surface area contributed by atoms with E-state index in [9.17, 15) is 4.79 Å². The van der Waals surface area contributed by atoms with Gasteiger partial charge in [-0.2, -0.15) is 0 Å². The van der Waals surface area contributed by atoms with Crippen LogP contribution in [0.25, 0.3) is 0 Å². The standard InChI is InChI=1S/C11H24N2O/c1-7(2)8(3)13-10(14)9(12)11(4,5)6/h7-9H,12H2,1-6H3,(H,13,14)/t8?,9-/m1/s1. The van der Waals surface area contributed by atoms with Crippen molar-refractivity contribution in [3.05, 3.63) is 0 Å². The van der Waals surface area contributed by atoms with Gasteiger partial charge in [-0.15, -0.1) is 0 Å². The molecular formula is C11H24N2O. The maximum Gasteiger partial charge on any atom is 0.237 e. The van der Waals surface area contributed by atoms with Crippen molar-refractivity contribution >= 4 is 5.91 Å². The predicted molar refractivity (Wildman–Crippen MR) is 59.9 cm³/mol. The Hall–Kier alpha value is -0.570. The highest BCUT2D eigenvalue weighted by Gasteiger charge is 2.28. The monoisotopic (exact) mass is 200 g/mol. The smallest absolute Gasteiger partial charge is 0.237 e. The van der Waals surface area contributed by atoms with E-state index in [4.69, 9.17) is 5.73 Å². The summed E-state index contributed by atoms with van der Waals surface area (Å²) in [7, 11) is 0. The third kappa shape index (κ3) is 4.09. The van der Waals surface area contributed by atoms with E-state index in [-0.39, 0.29) is 17.4 Å². The fourth-order valence-corrected chi connectivity index (χ4v) is 0.874. The van der Waals surface area contributed by atoms with Gasteiger partial charge in [-0.1, -0.05) is 34.6 Å². The molecule has 0 aliphatic rings. The van der Waals surface area contributed by atoms with E-state index in [1.807, 2.05) is 27.7 Å². The molecule has 0 fully saturated rings. The van der Waals surface area contributed by atoms with Gasteiger partial charge in [0.25, 0.3) is 0 Å². The first-order valence-electron chi connectivity index (χ1n) is 5.22. The van der Waals surface area contributed by atoms with Crippen molar-refractivity contribution in [1.82, 2.24) is 5.32 Å². The zero-order valence-electron chi connectivity index (χ0n) is 10.2. The molecular weight excluding hydrogens is 176 g/mol. The van der Waals surface area contributed by atoms with Gasteiger partial charge in [0.15, 0.2) is 0 Å². The average molecular weight is 200 g/mol. The van der Waals surface area contributed by atoms with E-state index in [1.54, 1.807) is 0 Å². The summed E-state index contributed by atoms with van der Waals surface area (Å²) in [5.41, 5.74) is 5.65. The number of nitrogens with one attached hydrogen (secondary N) is 1. The van der Waals surface area contributed by atoms with Gasteiger partial charge >= 0.3 is 0 Å². The lowest BCUT2D eigenvalue weighted by atomic mass is 9.86. The molecule has 0 aliphatic heterocycles. The largest absolute Gasteiger partial charge is 0.352 e. The molecule has 0 aromatic carbocycles. The van der Waals surface area contributed by atoms with E-state index >= 15 is 0 Å². The van der Waals surface area contributed by atoms with Gasteiger partial charge in [-0.05, 0) is 18.3 Å². The second-order valence-corrected chi connectivity index (χ2v) is 5.38. The van der Waals surface area contributed by atoms with Crippen molar-refractivity contribution in [2.75, 3.05) is 0 Å². The third-order valence-electron chi connectivity index (χ3n) is 2.59. The second-order valence-electron chi connectivity index (χ2n) is 5.38. The van der Waals surface area contributed by atoms with Gasteiger partial charge in [0.1, 0.15) is 0 Å². The number of nitrogens with two attached hydrogens (primary N) is 1. The Bertz CT molecular complexity index is 194.